The third-order valence-corrected chi connectivity index (χ3v) is 6.89. The molecule has 1 heterocycles. The van der Waals surface area contributed by atoms with Crippen LogP contribution in [0.1, 0.15) is 56.1 Å². The van der Waals surface area contributed by atoms with E-state index < -0.39 is 34.2 Å². The molecule has 1 amide bonds. The molecule has 2 N–H and O–H groups in total. The largest absolute Gasteiger partial charge is 0.505 e. The molecule has 0 spiro atoms. The minimum atomic E-state index is -0.840. The van der Waals surface area contributed by atoms with E-state index in [2.05, 4.69) is 15.5 Å². The Balaban J connectivity index is 2.15. The SMILES string of the molecule is CCOC(=O)c1sc(N=N/C(C(=O)Nc2ccc(C)cc2C)=C(\O)c2ccc([N+](=O)[O-])cc2)c(C(=O)OCC)c1C. The van der Waals surface area contributed by atoms with Crippen molar-refractivity contribution in [1.82, 2.24) is 0 Å². The summed E-state index contributed by atoms with van der Waals surface area (Å²) in [4.78, 5) is 49.2. The van der Waals surface area contributed by atoms with Crippen LogP contribution >= 0.6 is 11.3 Å². The van der Waals surface area contributed by atoms with Gasteiger partial charge in [-0.2, -0.15) is 0 Å². The number of ether oxygens (including phenoxy) is 2. The molecule has 0 unspecified atom stereocenters. The van der Waals surface area contributed by atoms with Crippen molar-refractivity contribution in [3.63, 3.8) is 0 Å². The van der Waals surface area contributed by atoms with Gasteiger partial charge in [-0.1, -0.05) is 17.7 Å². The van der Waals surface area contributed by atoms with Crippen molar-refractivity contribution in [3.8, 4) is 0 Å². The number of rotatable bonds is 10. The van der Waals surface area contributed by atoms with E-state index in [-0.39, 0.29) is 45.5 Å². The monoisotopic (exact) mass is 580 g/mol. The predicted molar refractivity (Wildman–Crippen MR) is 153 cm³/mol. The number of hydrogen-bond acceptors (Lipinski definition) is 11. The maximum atomic E-state index is 13.4. The summed E-state index contributed by atoms with van der Waals surface area (Å²) in [6.07, 6.45) is 0. The van der Waals surface area contributed by atoms with Crippen LogP contribution in [0.5, 0.6) is 0 Å². The molecule has 0 saturated heterocycles. The molecule has 0 bridgehead atoms. The number of esters is 2. The highest BCUT2D eigenvalue weighted by atomic mass is 32.1. The number of amides is 1. The number of carbonyl (C=O) groups excluding carboxylic acids is 3. The summed E-state index contributed by atoms with van der Waals surface area (Å²) in [7, 11) is 0. The van der Waals surface area contributed by atoms with Crippen LogP contribution in [0.3, 0.4) is 0 Å². The highest BCUT2D eigenvalue weighted by molar-refractivity contribution is 7.18. The number of aryl methyl sites for hydroxylation is 2. The Bertz CT molecular complexity index is 1560. The van der Waals surface area contributed by atoms with Crippen molar-refractivity contribution >= 4 is 51.3 Å². The summed E-state index contributed by atoms with van der Waals surface area (Å²) < 4.78 is 10.2. The first kappa shape index (κ1) is 30.6. The Kier molecular flexibility index (Phi) is 10.0. The van der Waals surface area contributed by atoms with E-state index in [1.165, 1.54) is 19.1 Å². The number of thiophene rings is 1. The summed E-state index contributed by atoms with van der Waals surface area (Å²) in [6, 6.07) is 10.2. The quantitative estimate of drug-likeness (QED) is 0.0676. The van der Waals surface area contributed by atoms with E-state index in [0.717, 1.165) is 34.6 Å². The highest BCUT2D eigenvalue weighted by Gasteiger charge is 2.27. The standard InChI is InChI=1S/C28H28N4O8S/c1-6-39-27(35)21-17(5)24(28(36)40-7-2)41-26(21)31-30-22(23(33)18-9-11-19(12-10-18)32(37)38)25(34)29-20-13-8-15(3)14-16(20)4/h8-14,33H,6-7H2,1-5H3,(H,29,34)/b23-22-,31-30?. The number of azo groups is 1. The highest BCUT2D eigenvalue weighted by Crippen LogP contribution is 2.37. The fourth-order valence-electron chi connectivity index (χ4n) is 3.71. The Hall–Kier alpha value is -4.91. The molecule has 0 aliphatic heterocycles. The molecule has 41 heavy (non-hydrogen) atoms. The number of hydrogen-bond donors (Lipinski definition) is 2. The van der Waals surface area contributed by atoms with Crippen molar-refractivity contribution in [1.29, 1.82) is 0 Å². The van der Waals surface area contributed by atoms with Crippen LogP contribution in [0.15, 0.2) is 58.4 Å². The van der Waals surface area contributed by atoms with Crippen molar-refractivity contribution < 1.29 is 33.9 Å². The molecule has 3 rings (SSSR count). The second kappa shape index (κ2) is 13.4. The van der Waals surface area contributed by atoms with Gasteiger partial charge in [0.2, 0.25) is 0 Å². The lowest BCUT2D eigenvalue weighted by Crippen LogP contribution is -2.15. The normalized spacial score (nSPS) is 11.6. The second-order valence-electron chi connectivity index (χ2n) is 8.65. The van der Waals surface area contributed by atoms with Gasteiger partial charge in [0.1, 0.15) is 10.4 Å². The average molecular weight is 581 g/mol. The van der Waals surface area contributed by atoms with Crippen LogP contribution in [0, 0.1) is 30.9 Å². The van der Waals surface area contributed by atoms with Crippen LogP contribution in [0.4, 0.5) is 16.4 Å². The van der Waals surface area contributed by atoms with Gasteiger partial charge >= 0.3 is 11.9 Å². The number of carbonyl (C=O) groups is 3. The molecule has 2 aromatic carbocycles. The van der Waals surface area contributed by atoms with Crippen molar-refractivity contribution in [2.45, 2.75) is 34.6 Å². The number of nitrogens with one attached hydrogen (secondary N) is 1. The fourth-order valence-corrected chi connectivity index (χ4v) is 4.72. The molecule has 13 heteroatoms. The zero-order valence-corrected chi connectivity index (χ0v) is 23.8. The molecular weight excluding hydrogens is 552 g/mol. The average Bonchev–Trinajstić information content (AvgIpc) is 3.26. The summed E-state index contributed by atoms with van der Waals surface area (Å²) in [5, 5.41) is 32.8. The number of aliphatic hydroxyl groups is 1. The third-order valence-electron chi connectivity index (χ3n) is 5.73. The lowest BCUT2D eigenvalue weighted by atomic mass is 10.1. The number of aliphatic hydroxyl groups excluding tert-OH is 1. The summed E-state index contributed by atoms with van der Waals surface area (Å²) in [6.45, 7) is 8.65. The van der Waals surface area contributed by atoms with E-state index >= 15 is 0 Å². The molecule has 0 fully saturated rings. The van der Waals surface area contributed by atoms with E-state index in [1.54, 1.807) is 32.9 Å². The minimum Gasteiger partial charge on any atom is -0.505 e. The zero-order chi connectivity index (χ0) is 30.3. The number of nitro groups is 1. The van der Waals surface area contributed by atoms with Crippen molar-refractivity contribution in [2.75, 3.05) is 18.5 Å². The topological polar surface area (TPSA) is 170 Å². The zero-order valence-electron chi connectivity index (χ0n) is 23.0. The van der Waals surface area contributed by atoms with Gasteiger partial charge in [-0.15, -0.1) is 21.6 Å². The summed E-state index contributed by atoms with van der Waals surface area (Å²) in [5.41, 5.74) is 1.71. The first-order valence-corrected chi connectivity index (χ1v) is 13.3. The molecule has 3 aromatic rings. The van der Waals surface area contributed by atoms with Gasteiger partial charge in [0, 0.05) is 23.4 Å². The first-order chi connectivity index (χ1) is 19.5. The van der Waals surface area contributed by atoms with Crippen LogP contribution in [-0.2, 0) is 14.3 Å². The number of nitrogens with zero attached hydrogens (tertiary/aromatic N) is 3. The maximum absolute atomic E-state index is 13.4. The van der Waals surface area contributed by atoms with Gasteiger partial charge < -0.3 is 19.9 Å². The molecule has 0 atom stereocenters. The van der Waals surface area contributed by atoms with Crippen LogP contribution in [0.2, 0.25) is 0 Å². The van der Waals surface area contributed by atoms with Crippen LogP contribution in [-0.4, -0.2) is 41.1 Å². The molecule has 214 valence electrons. The van der Waals surface area contributed by atoms with E-state index in [1.807, 2.05) is 13.0 Å². The summed E-state index contributed by atoms with van der Waals surface area (Å²) >= 11 is 0.816. The Labute approximate surface area is 239 Å². The van der Waals surface area contributed by atoms with Crippen molar-refractivity contribution in [3.05, 3.63) is 91.0 Å². The van der Waals surface area contributed by atoms with Crippen LogP contribution in [0.25, 0.3) is 5.76 Å². The van der Waals surface area contributed by atoms with Gasteiger partial charge in [0.15, 0.2) is 16.5 Å². The lowest BCUT2D eigenvalue weighted by Gasteiger charge is -2.10. The fraction of sp³-hybridized carbons (Fsp3) is 0.250. The molecule has 0 saturated carbocycles. The molecule has 0 aliphatic rings. The second-order valence-corrected chi connectivity index (χ2v) is 9.65. The van der Waals surface area contributed by atoms with E-state index in [4.69, 9.17) is 9.47 Å². The predicted octanol–water partition coefficient (Wildman–Crippen LogP) is 6.58. The third kappa shape index (κ3) is 7.19. The summed E-state index contributed by atoms with van der Waals surface area (Å²) in [5.74, 6) is -2.88. The molecule has 12 nitrogen and oxygen atoms in total. The Morgan fingerprint density at radius 1 is 1.00 bits per heavy atom. The number of non-ortho nitro benzene ring substituents is 1. The first-order valence-electron chi connectivity index (χ1n) is 12.4. The number of nitro benzene ring substituents is 1. The molecule has 0 radical (unpaired) electrons. The van der Waals surface area contributed by atoms with Gasteiger partial charge in [0.05, 0.1) is 18.1 Å². The van der Waals surface area contributed by atoms with E-state index in [0.29, 0.717) is 5.69 Å². The Morgan fingerprint density at radius 3 is 2.22 bits per heavy atom. The number of anilines is 1. The molecule has 1 aromatic heterocycles. The van der Waals surface area contributed by atoms with E-state index in [9.17, 15) is 29.6 Å². The lowest BCUT2D eigenvalue weighted by molar-refractivity contribution is -0.384. The Morgan fingerprint density at radius 2 is 1.63 bits per heavy atom. The van der Waals surface area contributed by atoms with Crippen molar-refractivity contribution in [2.24, 2.45) is 10.2 Å². The van der Waals surface area contributed by atoms with Crippen LogP contribution < -0.4 is 5.32 Å². The smallest absolute Gasteiger partial charge is 0.348 e. The van der Waals surface area contributed by atoms with Gasteiger partial charge in [-0.3, -0.25) is 14.9 Å². The molecular formula is C28H28N4O8S. The molecule has 0 aliphatic carbocycles. The minimum absolute atomic E-state index is 0.0346. The van der Waals surface area contributed by atoms with Gasteiger partial charge in [-0.25, -0.2) is 9.59 Å². The van der Waals surface area contributed by atoms with Gasteiger partial charge in [0.25, 0.3) is 11.6 Å². The van der Waals surface area contributed by atoms with Gasteiger partial charge in [-0.05, 0) is 63.9 Å². The number of benzene rings is 2. The maximum Gasteiger partial charge on any atom is 0.348 e.